The van der Waals surface area contributed by atoms with Gasteiger partial charge in [-0.25, -0.2) is 4.39 Å². The number of ether oxygens (including phenoxy) is 2. The normalized spacial score (nSPS) is 25.9. The summed E-state index contributed by atoms with van der Waals surface area (Å²) in [5, 5.41) is 9.50. The first-order chi connectivity index (χ1) is 19.9. The zero-order valence-corrected chi connectivity index (χ0v) is 23.6. The predicted octanol–water partition coefficient (Wildman–Crippen LogP) is 3.16. The Morgan fingerprint density at radius 2 is 2.17 bits per heavy atom. The lowest BCUT2D eigenvalue weighted by molar-refractivity contribution is -0.128. The maximum absolute atomic E-state index is 14.8. The molecule has 1 aliphatic carbocycles. The number of carbonyl (C=O) groups is 1. The van der Waals surface area contributed by atoms with E-state index < -0.39 is 0 Å². The van der Waals surface area contributed by atoms with Crippen LogP contribution in [0.15, 0.2) is 30.9 Å². The molecular weight excluding hydrogens is 523 g/mol. The van der Waals surface area contributed by atoms with E-state index >= 15 is 0 Å². The second-order valence-corrected chi connectivity index (χ2v) is 11.8. The van der Waals surface area contributed by atoms with Gasteiger partial charge in [-0.1, -0.05) is 18.7 Å². The van der Waals surface area contributed by atoms with E-state index in [0.717, 1.165) is 48.4 Å². The second kappa shape index (κ2) is 11.4. The van der Waals surface area contributed by atoms with Crippen LogP contribution in [0.4, 0.5) is 10.2 Å². The monoisotopic (exact) mass is 560 g/mol. The molecule has 6 rings (SSSR count). The molecule has 1 aromatic heterocycles. The van der Waals surface area contributed by atoms with Gasteiger partial charge < -0.3 is 24.2 Å². The van der Waals surface area contributed by atoms with Crippen LogP contribution in [0.25, 0.3) is 0 Å². The van der Waals surface area contributed by atoms with E-state index in [1.54, 1.807) is 11.0 Å². The Bertz CT molecular complexity index is 1380. The SMILES string of the molecule is C=CC(=O)N1CCN(c2nc(OCC3CCCN3C)nc3c2CCC2(COCc4c(F)cccc42)C3)C[C@@H]1CC#N. The number of piperazine rings is 1. The van der Waals surface area contributed by atoms with Gasteiger partial charge in [0, 0.05) is 48.6 Å². The number of likely N-dealkylation sites (N-methyl/N-ethyl adjacent to an activating group) is 1. The number of anilines is 1. The molecule has 4 heterocycles. The van der Waals surface area contributed by atoms with Gasteiger partial charge in [-0.2, -0.15) is 15.2 Å². The van der Waals surface area contributed by atoms with E-state index in [9.17, 15) is 14.4 Å². The maximum Gasteiger partial charge on any atom is 0.318 e. The number of likely N-dealkylation sites (tertiary alicyclic amines) is 1. The number of halogens is 1. The molecule has 3 aliphatic heterocycles. The molecule has 0 saturated carbocycles. The Labute approximate surface area is 240 Å². The highest BCUT2D eigenvalue weighted by atomic mass is 19.1. The van der Waals surface area contributed by atoms with Gasteiger partial charge in [0.1, 0.15) is 18.2 Å². The van der Waals surface area contributed by atoms with E-state index in [1.165, 1.54) is 12.1 Å². The van der Waals surface area contributed by atoms with E-state index in [2.05, 4.69) is 29.5 Å². The average Bonchev–Trinajstić information content (AvgIpc) is 3.40. The molecule has 0 radical (unpaired) electrons. The number of aromatic nitrogens is 2. The molecule has 2 fully saturated rings. The van der Waals surface area contributed by atoms with Crippen LogP contribution in [0.5, 0.6) is 6.01 Å². The Morgan fingerprint density at radius 3 is 2.95 bits per heavy atom. The topological polar surface area (TPSA) is 94.8 Å². The first-order valence-electron chi connectivity index (χ1n) is 14.6. The molecule has 216 valence electrons. The fourth-order valence-corrected chi connectivity index (χ4v) is 7.07. The second-order valence-electron chi connectivity index (χ2n) is 11.8. The summed E-state index contributed by atoms with van der Waals surface area (Å²) in [6.07, 6.45) is 5.86. The number of benzene rings is 1. The van der Waals surface area contributed by atoms with Gasteiger partial charge in [-0.15, -0.1) is 0 Å². The van der Waals surface area contributed by atoms with Gasteiger partial charge in [0.25, 0.3) is 0 Å². The van der Waals surface area contributed by atoms with Crippen molar-refractivity contribution in [2.45, 2.75) is 62.6 Å². The quantitative estimate of drug-likeness (QED) is 0.498. The van der Waals surface area contributed by atoms with Crippen LogP contribution in [0.1, 0.15) is 48.1 Å². The van der Waals surface area contributed by atoms with Crippen LogP contribution in [-0.2, 0) is 34.4 Å². The highest BCUT2D eigenvalue weighted by Crippen LogP contribution is 2.45. The van der Waals surface area contributed by atoms with Crippen molar-refractivity contribution < 1.29 is 18.7 Å². The first-order valence-corrected chi connectivity index (χ1v) is 14.6. The fourth-order valence-electron chi connectivity index (χ4n) is 7.07. The fraction of sp³-hybridized carbons (Fsp3) is 0.548. The molecule has 10 heteroatoms. The van der Waals surface area contributed by atoms with E-state index in [4.69, 9.17) is 19.4 Å². The molecule has 2 unspecified atom stereocenters. The number of carbonyl (C=O) groups excluding carboxylic acids is 1. The lowest BCUT2D eigenvalue weighted by Gasteiger charge is -2.44. The van der Waals surface area contributed by atoms with Gasteiger partial charge in [0.05, 0.1) is 37.4 Å². The Kier molecular flexibility index (Phi) is 7.66. The first kappa shape index (κ1) is 27.6. The van der Waals surface area contributed by atoms with E-state index in [1.807, 2.05) is 6.07 Å². The highest BCUT2D eigenvalue weighted by Gasteiger charge is 2.43. The molecule has 0 N–H and O–H groups in total. The summed E-state index contributed by atoms with van der Waals surface area (Å²) in [7, 11) is 2.11. The van der Waals surface area contributed by atoms with Gasteiger partial charge >= 0.3 is 6.01 Å². The number of nitriles is 1. The minimum absolute atomic E-state index is 0.163. The number of amides is 1. The predicted molar refractivity (Wildman–Crippen MR) is 151 cm³/mol. The van der Waals surface area contributed by atoms with Crippen LogP contribution in [0, 0.1) is 17.1 Å². The molecule has 2 aromatic rings. The van der Waals surface area contributed by atoms with Gasteiger partial charge in [0.2, 0.25) is 5.91 Å². The molecule has 4 aliphatic rings. The van der Waals surface area contributed by atoms with Crippen LogP contribution in [-0.4, -0.2) is 84.2 Å². The summed E-state index contributed by atoms with van der Waals surface area (Å²) in [6, 6.07) is 7.95. The van der Waals surface area contributed by atoms with E-state index in [-0.39, 0.29) is 36.2 Å². The van der Waals surface area contributed by atoms with Crippen molar-refractivity contribution in [3.8, 4) is 12.1 Å². The van der Waals surface area contributed by atoms with Crippen molar-refractivity contribution in [1.82, 2.24) is 19.8 Å². The number of hydrogen-bond donors (Lipinski definition) is 0. The third-order valence-corrected chi connectivity index (χ3v) is 9.37. The van der Waals surface area contributed by atoms with Crippen molar-refractivity contribution in [3.05, 3.63) is 59.1 Å². The Hall–Kier alpha value is -3.55. The molecule has 3 atom stereocenters. The molecule has 1 aromatic carbocycles. The van der Waals surface area contributed by atoms with Gasteiger partial charge in [-0.3, -0.25) is 4.79 Å². The molecule has 1 spiro atoms. The highest BCUT2D eigenvalue weighted by molar-refractivity contribution is 5.87. The minimum Gasteiger partial charge on any atom is -0.462 e. The summed E-state index contributed by atoms with van der Waals surface area (Å²) >= 11 is 0. The molecule has 41 heavy (non-hydrogen) atoms. The van der Waals surface area contributed by atoms with Crippen LogP contribution in [0.3, 0.4) is 0 Å². The average molecular weight is 561 g/mol. The van der Waals surface area contributed by atoms with Crippen molar-refractivity contribution >= 4 is 11.7 Å². The zero-order valence-electron chi connectivity index (χ0n) is 23.6. The lowest BCUT2D eigenvalue weighted by Crippen LogP contribution is -2.55. The van der Waals surface area contributed by atoms with Crippen molar-refractivity contribution in [2.75, 3.05) is 51.3 Å². The summed E-state index contributed by atoms with van der Waals surface area (Å²) in [5.74, 6) is 0.421. The maximum atomic E-state index is 14.8. The lowest BCUT2D eigenvalue weighted by atomic mass is 9.67. The van der Waals surface area contributed by atoms with E-state index in [0.29, 0.717) is 63.3 Å². The molecular formula is C31H37FN6O3. The number of nitrogens with zero attached hydrogens (tertiary/aromatic N) is 6. The van der Waals surface area contributed by atoms with Crippen LogP contribution >= 0.6 is 0 Å². The largest absolute Gasteiger partial charge is 0.462 e. The summed E-state index contributed by atoms with van der Waals surface area (Å²) in [6.45, 7) is 7.54. The third-order valence-electron chi connectivity index (χ3n) is 9.37. The number of hydrogen-bond acceptors (Lipinski definition) is 8. The van der Waals surface area contributed by atoms with Crippen molar-refractivity contribution in [1.29, 1.82) is 5.26 Å². The Morgan fingerprint density at radius 1 is 1.29 bits per heavy atom. The molecule has 0 bridgehead atoms. The Balaban J connectivity index is 1.35. The van der Waals surface area contributed by atoms with Gasteiger partial charge in [0.15, 0.2) is 0 Å². The van der Waals surface area contributed by atoms with Gasteiger partial charge in [-0.05, 0) is 57.0 Å². The summed E-state index contributed by atoms with van der Waals surface area (Å²) in [5.41, 5.74) is 3.24. The third kappa shape index (κ3) is 5.17. The van der Waals surface area contributed by atoms with Crippen molar-refractivity contribution in [3.63, 3.8) is 0 Å². The van der Waals surface area contributed by atoms with Crippen LogP contribution in [0.2, 0.25) is 0 Å². The van der Waals surface area contributed by atoms with Crippen LogP contribution < -0.4 is 9.64 Å². The molecule has 9 nitrogen and oxygen atoms in total. The molecule has 2 saturated heterocycles. The summed E-state index contributed by atoms with van der Waals surface area (Å²) < 4.78 is 27.0. The number of fused-ring (bicyclic) bond motifs is 3. The number of rotatable bonds is 6. The standard InChI is InChI=1S/C31H37FN6O3/c1-3-28(39)38-15-14-37(17-21(38)10-12-33)29-23-9-11-31(20-40-19-24-25(31)7-4-8-26(24)32)16-27(23)34-30(35-29)41-18-22-6-5-13-36(22)2/h3-4,7-8,21-22H,1,5-6,9-11,13-20H2,2H3/t21-,22?,31?/m0/s1. The smallest absolute Gasteiger partial charge is 0.318 e. The zero-order chi connectivity index (χ0) is 28.6. The van der Waals surface area contributed by atoms with Crippen molar-refractivity contribution in [2.24, 2.45) is 0 Å². The minimum atomic E-state index is -0.365. The molecule has 1 amide bonds. The summed E-state index contributed by atoms with van der Waals surface area (Å²) in [4.78, 5) is 28.6.